The van der Waals surface area contributed by atoms with E-state index in [1.54, 1.807) is 18.2 Å². The number of nitrogens with zero attached hydrogens (tertiary/aromatic N) is 3. The Labute approximate surface area is 124 Å². The predicted molar refractivity (Wildman–Crippen MR) is 70.3 cm³/mol. The van der Waals surface area contributed by atoms with Crippen LogP contribution in [0.3, 0.4) is 0 Å². The Morgan fingerprint density at radius 2 is 2.05 bits per heavy atom. The molecule has 0 saturated carbocycles. The van der Waals surface area contributed by atoms with Gasteiger partial charge in [-0.3, -0.25) is 5.32 Å². The van der Waals surface area contributed by atoms with Crippen LogP contribution in [0.4, 0.5) is 13.2 Å². The molecule has 8 heteroatoms. The average molecular weight is 310 g/mol. The number of hydrogen-bond donors (Lipinski definition) is 1. The Morgan fingerprint density at radius 3 is 2.64 bits per heavy atom. The number of rotatable bonds is 4. The van der Waals surface area contributed by atoms with E-state index in [2.05, 4.69) is 20.0 Å². The lowest BCUT2D eigenvalue weighted by Gasteiger charge is -2.26. The second-order valence-corrected chi connectivity index (χ2v) is 5.18. The summed E-state index contributed by atoms with van der Waals surface area (Å²) in [6.45, 7) is 3.65. The molecule has 0 aliphatic carbocycles. The van der Waals surface area contributed by atoms with Crippen LogP contribution in [0.1, 0.15) is 36.7 Å². The Kier molecular flexibility index (Phi) is 4.19. The number of alkyl halides is 3. The quantitative estimate of drug-likeness (QED) is 0.939. The van der Waals surface area contributed by atoms with Crippen molar-refractivity contribution in [3.05, 3.63) is 47.1 Å². The van der Waals surface area contributed by atoms with E-state index in [0.717, 1.165) is 5.56 Å². The first kappa shape index (κ1) is 16.0. The number of benzene rings is 1. The van der Waals surface area contributed by atoms with Crippen molar-refractivity contribution < 1.29 is 17.7 Å². The molecule has 0 unspecified atom stereocenters. The third-order valence-corrected chi connectivity index (χ3v) is 3.12. The fourth-order valence-electron chi connectivity index (χ4n) is 1.82. The zero-order valence-corrected chi connectivity index (χ0v) is 11.9. The van der Waals surface area contributed by atoms with Gasteiger partial charge in [-0.05, 0) is 31.5 Å². The first-order valence-corrected chi connectivity index (χ1v) is 6.38. The van der Waals surface area contributed by atoms with E-state index < -0.39 is 17.5 Å². The maximum Gasteiger partial charge on any atom is 0.455 e. The van der Waals surface area contributed by atoms with E-state index in [9.17, 15) is 13.2 Å². The van der Waals surface area contributed by atoms with Gasteiger partial charge in [0.15, 0.2) is 0 Å². The van der Waals surface area contributed by atoms with Gasteiger partial charge in [0, 0.05) is 5.54 Å². The SMILES string of the molecule is CC(C)(NCc1nc(C(F)(F)F)no1)c1cccc(C#N)c1. The molecule has 1 aromatic carbocycles. The van der Waals surface area contributed by atoms with Crippen molar-refractivity contribution >= 4 is 0 Å². The summed E-state index contributed by atoms with van der Waals surface area (Å²) in [6.07, 6.45) is -4.63. The molecule has 2 rings (SSSR count). The molecular formula is C14H13F3N4O. The molecule has 5 nitrogen and oxygen atoms in total. The Morgan fingerprint density at radius 1 is 1.32 bits per heavy atom. The van der Waals surface area contributed by atoms with Crippen LogP contribution in [0, 0.1) is 11.3 Å². The minimum atomic E-state index is -4.63. The molecule has 22 heavy (non-hydrogen) atoms. The first-order chi connectivity index (χ1) is 10.2. The normalized spacial score (nSPS) is 12.2. The van der Waals surface area contributed by atoms with E-state index in [1.165, 1.54) is 0 Å². The van der Waals surface area contributed by atoms with E-state index in [1.807, 2.05) is 26.0 Å². The van der Waals surface area contributed by atoms with E-state index >= 15 is 0 Å². The summed E-state index contributed by atoms with van der Waals surface area (Å²) in [7, 11) is 0. The van der Waals surface area contributed by atoms with Gasteiger partial charge in [0.25, 0.3) is 5.82 Å². The molecule has 0 amide bonds. The number of halogens is 3. The van der Waals surface area contributed by atoms with Gasteiger partial charge in [-0.25, -0.2) is 0 Å². The second-order valence-electron chi connectivity index (χ2n) is 5.18. The minimum Gasteiger partial charge on any atom is -0.338 e. The standard InChI is InChI=1S/C14H13F3N4O/c1-13(2,10-5-3-4-9(6-10)7-18)19-8-11-20-12(21-22-11)14(15,16)17/h3-6,19H,8H2,1-2H3. The summed E-state index contributed by atoms with van der Waals surface area (Å²) in [5.41, 5.74) is 0.742. The fourth-order valence-corrected chi connectivity index (χ4v) is 1.82. The molecule has 0 aliphatic heterocycles. The van der Waals surface area contributed by atoms with Gasteiger partial charge in [-0.2, -0.15) is 23.4 Å². The highest BCUT2D eigenvalue weighted by molar-refractivity contribution is 5.35. The molecule has 116 valence electrons. The van der Waals surface area contributed by atoms with E-state index in [-0.39, 0.29) is 12.4 Å². The lowest BCUT2D eigenvalue weighted by molar-refractivity contribution is -0.146. The van der Waals surface area contributed by atoms with Crippen molar-refractivity contribution in [2.24, 2.45) is 0 Å². The minimum absolute atomic E-state index is 0.0210. The van der Waals surface area contributed by atoms with Crippen LogP contribution >= 0.6 is 0 Å². The molecule has 0 aliphatic rings. The highest BCUT2D eigenvalue weighted by Crippen LogP contribution is 2.26. The van der Waals surface area contributed by atoms with Gasteiger partial charge in [-0.1, -0.05) is 17.3 Å². The molecule has 0 spiro atoms. The average Bonchev–Trinajstić information content (AvgIpc) is 2.94. The van der Waals surface area contributed by atoms with Crippen LogP contribution in [-0.2, 0) is 18.3 Å². The number of aromatic nitrogens is 2. The van der Waals surface area contributed by atoms with Crippen LogP contribution in [0.2, 0.25) is 0 Å². The van der Waals surface area contributed by atoms with Crippen LogP contribution in [-0.4, -0.2) is 10.1 Å². The predicted octanol–water partition coefficient (Wildman–Crippen LogP) is 2.98. The lowest BCUT2D eigenvalue weighted by Crippen LogP contribution is -2.36. The van der Waals surface area contributed by atoms with E-state index in [0.29, 0.717) is 5.56 Å². The van der Waals surface area contributed by atoms with Crippen LogP contribution < -0.4 is 5.32 Å². The van der Waals surface area contributed by atoms with Gasteiger partial charge < -0.3 is 4.52 Å². The van der Waals surface area contributed by atoms with Crippen LogP contribution in [0.25, 0.3) is 0 Å². The van der Waals surface area contributed by atoms with Gasteiger partial charge in [0.2, 0.25) is 5.89 Å². The zero-order valence-electron chi connectivity index (χ0n) is 11.9. The van der Waals surface area contributed by atoms with Crippen LogP contribution in [0.5, 0.6) is 0 Å². The van der Waals surface area contributed by atoms with Gasteiger partial charge in [0.05, 0.1) is 18.2 Å². The number of hydrogen-bond acceptors (Lipinski definition) is 5. The Hall–Kier alpha value is -2.40. The Bertz CT molecular complexity index is 701. The molecule has 0 fully saturated rings. The van der Waals surface area contributed by atoms with Crippen LogP contribution in [0.15, 0.2) is 28.8 Å². The van der Waals surface area contributed by atoms with Crippen molar-refractivity contribution in [2.75, 3.05) is 0 Å². The lowest BCUT2D eigenvalue weighted by atomic mass is 9.93. The molecule has 1 aromatic heterocycles. The monoisotopic (exact) mass is 310 g/mol. The summed E-state index contributed by atoms with van der Waals surface area (Å²) in [4.78, 5) is 3.29. The summed E-state index contributed by atoms with van der Waals surface area (Å²) in [6, 6.07) is 8.99. The topological polar surface area (TPSA) is 74.7 Å². The molecular weight excluding hydrogens is 297 g/mol. The number of nitriles is 1. The summed E-state index contributed by atoms with van der Waals surface area (Å²) >= 11 is 0. The van der Waals surface area contributed by atoms with Crippen molar-refractivity contribution in [3.8, 4) is 6.07 Å². The van der Waals surface area contributed by atoms with Gasteiger partial charge >= 0.3 is 6.18 Å². The van der Waals surface area contributed by atoms with Gasteiger partial charge in [-0.15, -0.1) is 0 Å². The largest absolute Gasteiger partial charge is 0.455 e. The Balaban J connectivity index is 2.09. The zero-order chi connectivity index (χ0) is 16.4. The highest BCUT2D eigenvalue weighted by Gasteiger charge is 2.37. The molecule has 0 bridgehead atoms. The molecule has 1 heterocycles. The maximum atomic E-state index is 12.4. The summed E-state index contributed by atoms with van der Waals surface area (Å²) in [5, 5.41) is 14.8. The van der Waals surface area contributed by atoms with Crippen molar-refractivity contribution in [1.82, 2.24) is 15.5 Å². The summed E-state index contributed by atoms with van der Waals surface area (Å²) < 4.78 is 41.7. The molecule has 2 aromatic rings. The highest BCUT2D eigenvalue weighted by atomic mass is 19.4. The first-order valence-electron chi connectivity index (χ1n) is 6.38. The smallest absolute Gasteiger partial charge is 0.338 e. The second kappa shape index (κ2) is 5.77. The van der Waals surface area contributed by atoms with Crippen molar-refractivity contribution in [1.29, 1.82) is 5.26 Å². The van der Waals surface area contributed by atoms with Gasteiger partial charge in [0.1, 0.15) is 0 Å². The molecule has 1 N–H and O–H groups in total. The maximum absolute atomic E-state index is 12.4. The molecule has 0 radical (unpaired) electrons. The van der Waals surface area contributed by atoms with Crippen molar-refractivity contribution in [2.45, 2.75) is 32.1 Å². The fraction of sp³-hybridized carbons (Fsp3) is 0.357. The van der Waals surface area contributed by atoms with Crippen molar-refractivity contribution in [3.63, 3.8) is 0 Å². The summed E-state index contributed by atoms with van der Waals surface area (Å²) in [5.74, 6) is -1.45. The third-order valence-electron chi connectivity index (χ3n) is 3.12. The molecule has 0 saturated heterocycles. The number of nitrogens with one attached hydrogen (secondary N) is 1. The van der Waals surface area contributed by atoms with E-state index in [4.69, 9.17) is 5.26 Å². The third kappa shape index (κ3) is 3.62. The molecule has 0 atom stereocenters.